The molecule has 0 amide bonds. The van der Waals surface area contributed by atoms with Crippen molar-refractivity contribution >= 4 is 0 Å². The molecule has 2 heteroatoms. The molecule has 0 aliphatic heterocycles. The Hall–Kier alpha value is -0.860. The topological polar surface area (TPSA) is 18.5 Å². The van der Waals surface area contributed by atoms with Crippen molar-refractivity contribution in [2.45, 2.75) is 53.2 Å². The third-order valence-electron chi connectivity index (χ3n) is 4.09. The van der Waals surface area contributed by atoms with Gasteiger partial charge in [-0.25, -0.2) is 0 Å². The van der Waals surface area contributed by atoms with Crippen molar-refractivity contribution in [2.75, 3.05) is 13.2 Å². The van der Waals surface area contributed by atoms with Crippen LogP contribution >= 0.6 is 0 Å². The first kappa shape index (κ1) is 17.2. The first-order chi connectivity index (χ1) is 9.67. The van der Waals surface area contributed by atoms with Crippen molar-refractivity contribution in [3.05, 3.63) is 35.9 Å². The van der Waals surface area contributed by atoms with Crippen molar-refractivity contribution in [2.24, 2.45) is 11.8 Å². The minimum atomic E-state index is 0.194. The molecule has 3 unspecified atom stereocenters. The van der Waals surface area contributed by atoms with Crippen molar-refractivity contribution in [3.63, 3.8) is 0 Å². The summed E-state index contributed by atoms with van der Waals surface area (Å²) in [5.41, 5.74) is 1.23. The zero-order chi connectivity index (χ0) is 14.8. The van der Waals surface area contributed by atoms with Gasteiger partial charge in [-0.05, 0) is 30.7 Å². The van der Waals surface area contributed by atoms with E-state index in [1.54, 1.807) is 0 Å². The van der Waals surface area contributed by atoms with Gasteiger partial charge in [0, 0.05) is 6.61 Å². The quantitative estimate of drug-likeness (QED) is 0.618. The zero-order valence-corrected chi connectivity index (χ0v) is 13.5. The lowest BCUT2D eigenvalue weighted by Crippen LogP contribution is -2.24. The van der Waals surface area contributed by atoms with Gasteiger partial charge in [-0.3, -0.25) is 0 Å². The maximum absolute atomic E-state index is 6.07. The molecular weight excluding hydrogens is 248 g/mol. The van der Waals surface area contributed by atoms with Crippen LogP contribution < -0.4 is 0 Å². The van der Waals surface area contributed by atoms with E-state index in [4.69, 9.17) is 9.47 Å². The fourth-order valence-electron chi connectivity index (χ4n) is 2.27. The third-order valence-corrected chi connectivity index (χ3v) is 4.09. The first-order valence-corrected chi connectivity index (χ1v) is 7.90. The van der Waals surface area contributed by atoms with Crippen LogP contribution in [0.5, 0.6) is 0 Å². The Labute approximate surface area is 124 Å². The highest BCUT2D eigenvalue weighted by molar-refractivity contribution is 5.13. The van der Waals surface area contributed by atoms with Crippen LogP contribution in [0.2, 0.25) is 0 Å². The van der Waals surface area contributed by atoms with Gasteiger partial charge in [-0.15, -0.1) is 0 Å². The maximum atomic E-state index is 6.07. The smallest absolute Gasteiger partial charge is 0.0815 e. The van der Waals surface area contributed by atoms with Crippen molar-refractivity contribution in [3.8, 4) is 0 Å². The SMILES string of the molecule is CCOCC(CC(C)C(C)CC)OCc1ccccc1. The second kappa shape index (κ2) is 9.95. The van der Waals surface area contributed by atoms with Gasteiger partial charge >= 0.3 is 0 Å². The standard InChI is InChI=1S/C18H30O2/c1-5-15(3)16(4)12-18(14-19-6-2)20-13-17-10-8-7-9-11-17/h7-11,15-16,18H,5-6,12-14H2,1-4H3. The van der Waals surface area contributed by atoms with E-state index in [0.717, 1.165) is 18.9 Å². The lowest BCUT2D eigenvalue weighted by molar-refractivity contribution is -0.0357. The summed E-state index contributed by atoms with van der Waals surface area (Å²) in [6, 6.07) is 10.4. The van der Waals surface area contributed by atoms with Crippen LogP contribution in [0.4, 0.5) is 0 Å². The highest BCUT2D eigenvalue weighted by atomic mass is 16.5. The molecule has 0 radical (unpaired) electrons. The zero-order valence-electron chi connectivity index (χ0n) is 13.5. The second-order valence-corrected chi connectivity index (χ2v) is 5.68. The molecule has 3 atom stereocenters. The molecule has 0 N–H and O–H groups in total. The van der Waals surface area contributed by atoms with E-state index in [1.807, 2.05) is 13.0 Å². The largest absolute Gasteiger partial charge is 0.379 e. The van der Waals surface area contributed by atoms with Crippen LogP contribution in [0.25, 0.3) is 0 Å². The minimum Gasteiger partial charge on any atom is -0.379 e. The van der Waals surface area contributed by atoms with Crippen LogP contribution in [0.3, 0.4) is 0 Å². The molecule has 0 saturated heterocycles. The molecule has 0 aliphatic rings. The van der Waals surface area contributed by atoms with Crippen molar-refractivity contribution in [1.82, 2.24) is 0 Å². The van der Waals surface area contributed by atoms with Gasteiger partial charge < -0.3 is 9.47 Å². The van der Waals surface area contributed by atoms with Gasteiger partial charge in [0.1, 0.15) is 0 Å². The van der Waals surface area contributed by atoms with Gasteiger partial charge in [-0.1, -0.05) is 57.5 Å². The Bertz CT molecular complexity index is 337. The normalized spacial score (nSPS) is 15.8. The molecule has 0 aliphatic carbocycles. The third kappa shape index (κ3) is 6.53. The van der Waals surface area contributed by atoms with Crippen molar-refractivity contribution in [1.29, 1.82) is 0 Å². The molecule has 1 aromatic carbocycles. The number of hydrogen-bond donors (Lipinski definition) is 0. The summed E-state index contributed by atoms with van der Waals surface area (Å²) in [5, 5.41) is 0. The Morgan fingerprint density at radius 2 is 1.70 bits per heavy atom. The lowest BCUT2D eigenvalue weighted by Gasteiger charge is -2.25. The van der Waals surface area contributed by atoms with Crippen LogP contribution in [0, 0.1) is 11.8 Å². The summed E-state index contributed by atoms with van der Waals surface area (Å²) < 4.78 is 11.6. The predicted octanol–water partition coefficient (Wildman–Crippen LogP) is 4.68. The van der Waals surface area contributed by atoms with Gasteiger partial charge in [0.2, 0.25) is 0 Å². The Kier molecular flexibility index (Phi) is 8.56. The molecule has 0 bridgehead atoms. The summed E-state index contributed by atoms with van der Waals surface area (Å²) in [5.74, 6) is 1.40. The molecule has 0 aromatic heterocycles. The van der Waals surface area contributed by atoms with Crippen molar-refractivity contribution < 1.29 is 9.47 Å². The highest BCUT2D eigenvalue weighted by Crippen LogP contribution is 2.21. The van der Waals surface area contributed by atoms with Gasteiger partial charge in [0.05, 0.1) is 19.3 Å². The van der Waals surface area contributed by atoms with Gasteiger partial charge in [0.25, 0.3) is 0 Å². The van der Waals surface area contributed by atoms with Gasteiger partial charge in [-0.2, -0.15) is 0 Å². The average molecular weight is 278 g/mol. The Morgan fingerprint density at radius 1 is 1.00 bits per heavy atom. The molecule has 20 heavy (non-hydrogen) atoms. The predicted molar refractivity (Wildman–Crippen MR) is 84.7 cm³/mol. The summed E-state index contributed by atoms with van der Waals surface area (Å²) >= 11 is 0. The van der Waals surface area contributed by atoms with E-state index < -0.39 is 0 Å². The van der Waals surface area contributed by atoms with Crippen LogP contribution in [0.1, 0.15) is 46.1 Å². The van der Waals surface area contributed by atoms with Crippen LogP contribution in [-0.4, -0.2) is 19.3 Å². The van der Waals surface area contributed by atoms with E-state index in [1.165, 1.54) is 12.0 Å². The number of rotatable bonds is 10. The van der Waals surface area contributed by atoms with E-state index in [0.29, 0.717) is 19.1 Å². The van der Waals surface area contributed by atoms with E-state index in [-0.39, 0.29) is 6.10 Å². The lowest BCUT2D eigenvalue weighted by atomic mass is 9.89. The number of ether oxygens (including phenoxy) is 2. The molecule has 2 nitrogen and oxygen atoms in total. The maximum Gasteiger partial charge on any atom is 0.0815 e. The fraction of sp³-hybridized carbons (Fsp3) is 0.667. The van der Waals surface area contributed by atoms with Gasteiger partial charge in [0.15, 0.2) is 0 Å². The average Bonchev–Trinajstić information content (AvgIpc) is 2.49. The Balaban J connectivity index is 2.46. The summed E-state index contributed by atoms with van der Waals surface area (Å²) in [6.07, 6.45) is 2.49. The van der Waals surface area contributed by atoms with Crippen LogP contribution in [-0.2, 0) is 16.1 Å². The Morgan fingerprint density at radius 3 is 2.30 bits per heavy atom. The minimum absolute atomic E-state index is 0.194. The summed E-state index contributed by atoms with van der Waals surface area (Å²) in [4.78, 5) is 0. The van der Waals surface area contributed by atoms with E-state index >= 15 is 0 Å². The molecule has 0 fully saturated rings. The molecule has 1 rings (SSSR count). The highest BCUT2D eigenvalue weighted by Gasteiger charge is 2.18. The molecule has 0 saturated carbocycles. The molecule has 0 spiro atoms. The molecule has 1 aromatic rings. The molecule has 0 heterocycles. The van der Waals surface area contributed by atoms with Crippen LogP contribution in [0.15, 0.2) is 30.3 Å². The summed E-state index contributed by atoms with van der Waals surface area (Å²) in [6.45, 7) is 11.0. The second-order valence-electron chi connectivity index (χ2n) is 5.68. The van der Waals surface area contributed by atoms with E-state index in [9.17, 15) is 0 Å². The fourth-order valence-corrected chi connectivity index (χ4v) is 2.27. The first-order valence-electron chi connectivity index (χ1n) is 7.90. The number of benzene rings is 1. The number of hydrogen-bond acceptors (Lipinski definition) is 2. The van der Waals surface area contributed by atoms with E-state index in [2.05, 4.69) is 45.0 Å². The summed E-state index contributed by atoms with van der Waals surface area (Å²) in [7, 11) is 0. The monoisotopic (exact) mass is 278 g/mol. The molecular formula is C18H30O2. The molecule has 114 valence electrons.